The van der Waals surface area contributed by atoms with Gasteiger partial charge in [0, 0.05) is 17.3 Å². The van der Waals surface area contributed by atoms with E-state index < -0.39 is 0 Å². The van der Waals surface area contributed by atoms with Crippen molar-refractivity contribution >= 4 is 34.6 Å². The van der Waals surface area contributed by atoms with E-state index in [2.05, 4.69) is 35.7 Å². The number of hydrogen-bond acceptors (Lipinski definition) is 2. The van der Waals surface area contributed by atoms with Crippen LogP contribution < -0.4 is 11.1 Å². The first-order valence-electron chi connectivity index (χ1n) is 7.41. The van der Waals surface area contributed by atoms with Gasteiger partial charge < -0.3 is 11.1 Å². The number of benzene rings is 2. The lowest BCUT2D eigenvalue weighted by atomic mass is 9.77. The van der Waals surface area contributed by atoms with Gasteiger partial charge in [0.2, 0.25) is 0 Å². The Morgan fingerprint density at radius 3 is 2.82 bits per heavy atom. The maximum Gasteiger partial charge on any atom is 0.0645 e. The van der Waals surface area contributed by atoms with E-state index in [1.165, 1.54) is 5.56 Å². The summed E-state index contributed by atoms with van der Waals surface area (Å²) in [6.45, 7) is 0. The third-order valence-corrected chi connectivity index (χ3v) is 5.54. The Kier molecular flexibility index (Phi) is 3.32. The number of hydrogen-bond donors (Lipinski definition) is 2. The normalized spacial score (nSPS) is 25.5. The molecule has 3 N–H and O–H groups in total. The fourth-order valence-corrected chi connectivity index (χ4v) is 4.11. The molecule has 0 unspecified atom stereocenters. The fraction of sp³-hybridized carbons (Fsp3) is 0.222. The molecule has 4 rings (SSSR count). The van der Waals surface area contributed by atoms with Gasteiger partial charge in [0.1, 0.15) is 0 Å². The molecule has 2 aromatic rings. The van der Waals surface area contributed by atoms with Crippen molar-refractivity contribution in [2.24, 2.45) is 5.92 Å². The van der Waals surface area contributed by atoms with Crippen LogP contribution in [0.2, 0.25) is 10.0 Å². The second kappa shape index (κ2) is 5.22. The summed E-state index contributed by atoms with van der Waals surface area (Å²) in [5.74, 6) is 0.810. The highest BCUT2D eigenvalue weighted by Crippen LogP contribution is 2.51. The number of halogens is 2. The molecule has 0 spiro atoms. The lowest BCUT2D eigenvalue weighted by molar-refractivity contribution is 0.426. The van der Waals surface area contributed by atoms with Crippen molar-refractivity contribution in [1.82, 2.24) is 0 Å². The summed E-state index contributed by atoms with van der Waals surface area (Å²) >= 11 is 12.7. The first kappa shape index (κ1) is 14.0. The molecule has 22 heavy (non-hydrogen) atoms. The summed E-state index contributed by atoms with van der Waals surface area (Å²) in [5.41, 5.74) is 10.2. The van der Waals surface area contributed by atoms with Crippen molar-refractivity contribution in [3.63, 3.8) is 0 Å². The summed E-state index contributed by atoms with van der Waals surface area (Å²) in [6, 6.07) is 12.1. The number of nitrogens with one attached hydrogen (secondary N) is 1. The van der Waals surface area contributed by atoms with E-state index in [-0.39, 0.29) is 6.04 Å². The van der Waals surface area contributed by atoms with Crippen LogP contribution in [0.3, 0.4) is 0 Å². The van der Waals surface area contributed by atoms with Crippen molar-refractivity contribution in [2.45, 2.75) is 18.4 Å². The molecule has 0 amide bonds. The van der Waals surface area contributed by atoms with Crippen molar-refractivity contribution in [2.75, 3.05) is 11.1 Å². The Morgan fingerprint density at radius 1 is 1.09 bits per heavy atom. The molecule has 0 saturated heterocycles. The van der Waals surface area contributed by atoms with Crippen molar-refractivity contribution in [3.8, 4) is 0 Å². The smallest absolute Gasteiger partial charge is 0.0645 e. The summed E-state index contributed by atoms with van der Waals surface area (Å²) in [7, 11) is 0. The molecule has 2 nitrogen and oxygen atoms in total. The molecular formula is C18H16Cl2N2. The predicted molar refractivity (Wildman–Crippen MR) is 93.7 cm³/mol. The second-order valence-electron chi connectivity index (χ2n) is 5.97. The molecule has 3 atom stereocenters. The Balaban J connectivity index is 1.83. The van der Waals surface area contributed by atoms with Crippen LogP contribution in [0.5, 0.6) is 0 Å². The minimum Gasteiger partial charge on any atom is -0.399 e. The molecule has 0 saturated carbocycles. The topological polar surface area (TPSA) is 38.0 Å². The molecule has 0 fully saturated rings. The highest BCUT2D eigenvalue weighted by Gasteiger charge is 2.38. The molecule has 2 aromatic carbocycles. The molecule has 0 bridgehead atoms. The molecule has 0 radical (unpaired) electrons. The van der Waals surface area contributed by atoms with Crippen molar-refractivity contribution < 1.29 is 0 Å². The molecule has 2 aliphatic rings. The van der Waals surface area contributed by atoms with E-state index in [4.69, 9.17) is 28.9 Å². The molecule has 112 valence electrons. The molecule has 4 heteroatoms. The van der Waals surface area contributed by atoms with Crippen LogP contribution >= 0.6 is 23.2 Å². The average Bonchev–Trinajstić information content (AvgIpc) is 2.99. The third-order valence-electron chi connectivity index (χ3n) is 4.70. The second-order valence-corrected chi connectivity index (χ2v) is 6.75. The highest BCUT2D eigenvalue weighted by molar-refractivity contribution is 6.42. The molecular weight excluding hydrogens is 315 g/mol. The standard InChI is InChI=1S/C18H16Cl2N2/c19-15-6-2-5-13(17(15)20)18-12-4-1-3-11(12)14-9-10(21)7-8-16(14)22-18/h1-3,5-9,11-12,18,22H,4,21H2/t11-,12-,18-/m1/s1. The number of nitrogens with two attached hydrogens (primary N) is 1. The number of allylic oxidation sites excluding steroid dienone is 2. The first-order valence-corrected chi connectivity index (χ1v) is 8.17. The van der Waals surface area contributed by atoms with Gasteiger partial charge in [0.05, 0.1) is 16.1 Å². The van der Waals surface area contributed by atoms with E-state index in [0.717, 1.165) is 23.4 Å². The van der Waals surface area contributed by atoms with E-state index in [9.17, 15) is 0 Å². The highest BCUT2D eigenvalue weighted by atomic mass is 35.5. The molecule has 1 aliphatic heterocycles. The van der Waals surface area contributed by atoms with Crippen molar-refractivity contribution in [1.29, 1.82) is 0 Å². The number of nitrogen functional groups attached to an aromatic ring is 1. The van der Waals surface area contributed by atoms with Gasteiger partial charge in [-0.1, -0.05) is 47.5 Å². The maximum atomic E-state index is 6.46. The summed E-state index contributed by atoms with van der Waals surface area (Å²) in [4.78, 5) is 0. The zero-order chi connectivity index (χ0) is 15.3. The van der Waals surface area contributed by atoms with Gasteiger partial charge in [-0.05, 0) is 47.7 Å². The van der Waals surface area contributed by atoms with Crippen LogP contribution in [-0.2, 0) is 0 Å². The minimum absolute atomic E-state index is 0.155. The van der Waals surface area contributed by atoms with Gasteiger partial charge >= 0.3 is 0 Å². The van der Waals surface area contributed by atoms with Crippen molar-refractivity contribution in [3.05, 3.63) is 69.7 Å². The Labute approximate surface area is 139 Å². The fourth-order valence-electron chi connectivity index (χ4n) is 3.68. The Bertz CT molecular complexity index is 770. The van der Waals surface area contributed by atoms with Crippen LogP contribution in [0.1, 0.15) is 29.5 Å². The zero-order valence-corrected chi connectivity index (χ0v) is 13.4. The van der Waals surface area contributed by atoms with Gasteiger partial charge in [0.15, 0.2) is 0 Å². The van der Waals surface area contributed by atoms with Crippen LogP contribution in [0.15, 0.2) is 48.6 Å². The van der Waals surface area contributed by atoms with Gasteiger partial charge in [-0.3, -0.25) is 0 Å². The van der Waals surface area contributed by atoms with Crippen LogP contribution in [-0.4, -0.2) is 0 Å². The summed E-state index contributed by atoms with van der Waals surface area (Å²) in [5, 5.41) is 4.89. The molecule has 0 aromatic heterocycles. The van der Waals surface area contributed by atoms with E-state index in [0.29, 0.717) is 21.9 Å². The largest absolute Gasteiger partial charge is 0.399 e. The quantitative estimate of drug-likeness (QED) is 0.542. The Hall–Kier alpha value is -1.64. The molecule has 1 aliphatic carbocycles. The summed E-state index contributed by atoms with van der Waals surface area (Å²) < 4.78 is 0. The number of fused-ring (bicyclic) bond motifs is 3. The van der Waals surface area contributed by atoms with Crippen LogP contribution in [0.4, 0.5) is 11.4 Å². The van der Waals surface area contributed by atoms with Gasteiger partial charge in [-0.2, -0.15) is 0 Å². The first-order chi connectivity index (χ1) is 10.6. The lowest BCUT2D eigenvalue weighted by Gasteiger charge is -2.38. The summed E-state index contributed by atoms with van der Waals surface area (Å²) in [6.07, 6.45) is 5.56. The predicted octanol–water partition coefficient (Wildman–Crippen LogP) is 5.40. The zero-order valence-electron chi connectivity index (χ0n) is 11.9. The average molecular weight is 331 g/mol. The molecule has 1 heterocycles. The van der Waals surface area contributed by atoms with Gasteiger partial charge in [-0.15, -0.1) is 0 Å². The monoisotopic (exact) mass is 330 g/mol. The van der Waals surface area contributed by atoms with E-state index in [1.807, 2.05) is 18.2 Å². The van der Waals surface area contributed by atoms with E-state index >= 15 is 0 Å². The van der Waals surface area contributed by atoms with Crippen LogP contribution in [0, 0.1) is 5.92 Å². The minimum atomic E-state index is 0.155. The maximum absolute atomic E-state index is 6.46. The van der Waals surface area contributed by atoms with E-state index in [1.54, 1.807) is 0 Å². The lowest BCUT2D eigenvalue weighted by Crippen LogP contribution is -2.29. The van der Waals surface area contributed by atoms with Gasteiger partial charge in [-0.25, -0.2) is 0 Å². The SMILES string of the molecule is Nc1ccc2c(c1)[C@@H]1C=CC[C@H]1[C@H](c1cccc(Cl)c1Cl)N2. The third kappa shape index (κ3) is 2.10. The number of anilines is 2. The Morgan fingerprint density at radius 2 is 1.95 bits per heavy atom. The number of rotatable bonds is 1. The van der Waals surface area contributed by atoms with Gasteiger partial charge in [0.25, 0.3) is 0 Å². The van der Waals surface area contributed by atoms with Crippen LogP contribution in [0.25, 0.3) is 0 Å².